The van der Waals surface area contributed by atoms with E-state index in [9.17, 15) is 4.79 Å². The van der Waals surface area contributed by atoms with Gasteiger partial charge in [-0.3, -0.25) is 4.79 Å². The molecule has 1 amide bonds. The number of fused-ring (bicyclic) bond motifs is 1. The van der Waals surface area contributed by atoms with Crippen LogP contribution < -0.4 is 5.32 Å². The van der Waals surface area contributed by atoms with Crippen molar-refractivity contribution in [2.24, 2.45) is 0 Å². The van der Waals surface area contributed by atoms with Gasteiger partial charge in [0.25, 0.3) is 0 Å². The topological polar surface area (TPSA) is 46.9 Å². The van der Waals surface area contributed by atoms with E-state index in [1.165, 1.54) is 5.56 Å². The Morgan fingerprint density at radius 2 is 1.88 bits per heavy atom. The number of aryl methyl sites for hydroxylation is 1. The predicted molar refractivity (Wildman–Crippen MR) is 97.8 cm³/mol. The number of rotatable bonds is 5. The molecule has 0 aliphatic rings. The molecule has 1 heterocycles. The first kappa shape index (κ1) is 16.2. The normalized spacial score (nSPS) is 12.3. The van der Waals surface area contributed by atoms with Crippen LogP contribution in [-0.2, 0) is 11.3 Å². The van der Waals surface area contributed by atoms with Crippen LogP contribution >= 0.6 is 0 Å². The maximum absolute atomic E-state index is 12.4. The molecule has 0 saturated heterocycles. The maximum Gasteiger partial charge on any atom is 0.240 e. The molecule has 1 aromatic heterocycles. The first-order chi connectivity index (χ1) is 11.6. The average Bonchev–Trinajstić information content (AvgIpc) is 2.94. The van der Waals surface area contributed by atoms with Crippen LogP contribution in [0.15, 0.2) is 48.5 Å². The molecular formula is C20H23N3O. The van der Waals surface area contributed by atoms with E-state index in [2.05, 4.69) is 43.4 Å². The van der Waals surface area contributed by atoms with Crippen molar-refractivity contribution >= 4 is 16.9 Å². The maximum atomic E-state index is 12.4. The lowest BCUT2D eigenvalue weighted by molar-refractivity contribution is -0.122. The fourth-order valence-corrected chi connectivity index (χ4v) is 2.72. The van der Waals surface area contributed by atoms with Crippen molar-refractivity contribution in [1.82, 2.24) is 14.9 Å². The molecule has 1 atom stereocenters. The van der Waals surface area contributed by atoms with E-state index in [-0.39, 0.29) is 18.5 Å². The van der Waals surface area contributed by atoms with Crippen LogP contribution in [0, 0.1) is 6.92 Å². The number of para-hydroxylation sites is 2. The molecule has 0 radical (unpaired) electrons. The van der Waals surface area contributed by atoms with Crippen LogP contribution in [0.3, 0.4) is 0 Å². The van der Waals surface area contributed by atoms with Gasteiger partial charge in [-0.2, -0.15) is 0 Å². The van der Waals surface area contributed by atoms with E-state index in [4.69, 9.17) is 4.98 Å². The number of carbonyl (C=O) groups excluding carboxylic acids is 1. The summed E-state index contributed by atoms with van der Waals surface area (Å²) in [5, 5.41) is 3.03. The van der Waals surface area contributed by atoms with Gasteiger partial charge >= 0.3 is 0 Å². The standard InChI is InChI=1S/C20H23N3O/c1-4-15(3)21-19(24)13-23-18-8-6-5-7-17(18)22-20(23)16-11-9-14(2)10-12-16/h5-12,15H,4,13H2,1-3H3,(H,21,24). The highest BCUT2D eigenvalue weighted by Crippen LogP contribution is 2.25. The quantitative estimate of drug-likeness (QED) is 0.774. The van der Waals surface area contributed by atoms with Crippen LogP contribution in [0.5, 0.6) is 0 Å². The number of nitrogens with zero attached hydrogens (tertiary/aromatic N) is 2. The lowest BCUT2D eigenvalue weighted by Crippen LogP contribution is -2.34. The second-order valence-electron chi connectivity index (χ2n) is 6.25. The molecule has 124 valence electrons. The SMILES string of the molecule is CCC(C)NC(=O)Cn1c(-c2ccc(C)cc2)nc2ccccc21. The van der Waals surface area contributed by atoms with Crippen molar-refractivity contribution in [3.05, 3.63) is 54.1 Å². The van der Waals surface area contributed by atoms with Gasteiger partial charge < -0.3 is 9.88 Å². The fourth-order valence-electron chi connectivity index (χ4n) is 2.72. The summed E-state index contributed by atoms with van der Waals surface area (Å²) in [6, 6.07) is 16.4. The summed E-state index contributed by atoms with van der Waals surface area (Å²) in [6.45, 7) is 6.42. The molecule has 4 heteroatoms. The highest BCUT2D eigenvalue weighted by Gasteiger charge is 2.15. The summed E-state index contributed by atoms with van der Waals surface area (Å²) in [4.78, 5) is 17.1. The zero-order chi connectivity index (χ0) is 17.1. The molecule has 0 bridgehead atoms. The zero-order valence-corrected chi connectivity index (χ0v) is 14.4. The Balaban J connectivity index is 2.02. The lowest BCUT2D eigenvalue weighted by atomic mass is 10.1. The molecule has 3 rings (SSSR count). The smallest absolute Gasteiger partial charge is 0.240 e. The Hall–Kier alpha value is -2.62. The average molecular weight is 321 g/mol. The van der Waals surface area contributed by atoms with Gasteiger partial charge in [0.15, 0.2) is 0 Å². The molecule has 0 spiro atoms. The predicted octanol–water partition coefficient (Wildman–Crippen LogP) is 3.93. The van der Waals surface area contributed by atoms with Crippen LogP contribution in [0.1, 0.15) is 25.8 Å². The molecule has 0 saturated carbocycles. The Bertz CT molecular complexity index is 849. The van der Waals surface area contributed by atoms with Gasteiger partial charge in [0.2, 0.25) is 5.91 Å². The van der Waals surface area contributed by atoms with Crippen molar-refractivity contribution in [2.45, 2.75) is 39.8 Å². The van der Waals surface area contributed by atoms with Gasteiger partial charge in [0, 0.05) is 11.6 Å². The molecule has 24 heavy (non-hydrogen) atoms. The second kappa shape index (κ2) is 6.87. The molecule has 4 nitrogen and oxygen atoms in total. The number of imidazole rings is 1. The Morgan fingerprint density at radius 3 is 2.58 bits per heavy atom. The van der Waals surface area contributed by atoms with E-state index in [1.54, 1.807) is 0 Å². The summed E-state index contributed by atoms with van der Waals surface area (Å²) in [7, 11) is 0. The molecule has 1 N–H and O–H groups in total. The van der Waals surface area contributed by atoms with E-state index >= 15 is 0 Å². The third kappa shape index (κ3) is 3.32. The third-order valence-corrected chi connectivity index (χ3v) is 4.29. The largest absolute Gasteiger partial charge is 0.352 e. The summed E-state index contributed by atoms with van der Waals surface area (Å²) < 4.78 is 2.00. The Morgan fingerprint density at radius 1 is 1.17 bits per heavy atom. The molecule has 2 aromatic carbocycles. The Kier molecular flexibility index (Phi) is 4.65. The van der Waals surface area contributed by atoms with Crippen molar-refractivity contribution in [1.29, 1.82) is 0 Å². The molecule has 0 aliphatic carbocycles. The van der Waals surface area contributed by atoms with E-state index in [0.29, 0.717) is 0 Å². The van der Waals surface area contributed by atoms with E-state index < -0.39 is 0 Å². The number of benzene rings is 2. The summed E-state index contributed by atoms with van der Waals surface area (Å²) in [5.74, 6) is 0.844. The third-order valence-electron chi connectivity index (χ3n) is 4.29. The highest BCUT2D eigenvalue weighted by molar-refractivity contribution is 5.84. The van der Waals surface area contributed by atoms with Gasteiger partial charge in [-0.25, -0.2) is 4.98 Å². The number of nitrogens with one attached hydrogen (secondary N) is 1. The van der Waals surface area contributed by atoms with Crippen LogP contribution in [0.4, 0.5) is 0 Å². The Labute approximate surface area is 142 Å². The first-order valence-electron chi connectivity index (χ1n) is 8.40. The molecule has 1 unspecified atom stereocenters. The fraction of sp³-hybridized carbons (Fsp3) is 0.300. The van der Waals surface area contributed by atoms with E-state index in [0.717, 1.165) is 28.8 Å². The summed E-state index contributed by atoms with van der Waals surface area (Å²) in [5.41, 5.74) is 4.11. The van der Waals surface area contributed by atoms with Crippen LogP contribution in [0.25, 0.3) is 22.4 Å². The molecule has 3 aromatic rings. The van der Waals surface area contributed by atoms with Crippen molar-refractivity contribution in [3.8, 4) is 11.4 Å². The van der Waals surface area contributed by atoms with Crippen molar-refractivity contribution in [3.63, 3.8) is 0 Å². The van der Waals surface area contributed by atoms with Gasteiger partial charge in [-0.15, -0.1) is 0 Å². The lowest BCUT2D eigenvalue weighted by Gasteiger charge is -2.14. The first-order valence-corrected chi connectivity index (χ1v) is 8.40. The van der Waals surface area contributed by atoms with Gasteiger partial charge in [0.05, 0.1) is 11.0 Å². The highest BCUT2D eigenvalue weighted by atomic mass is 16.2. The van der Waals surface area contributed by atoms with Gasteiger partial charge in [0.1, 0.15) is 12.4 Å². The summed E-state index contributed by atoms with van der Waals surface area (Å²) >= 11 is 0. The second-order valence-corrected chi connectivity index (χ2v) is 6.25. The van der Waals surface area contributed by atoms with E-state index in [1.807, 2.05) is 35.8 Å². The van der Waals surface area contributed by atoms with Crippen LogP contribution in [0.2, 0.25) is 0 Å². The van der Waals surface area contributed by atoms with Crippen LogP contribution in [-0.4, -0.2) is 21.5 Å². The summed E-state index contributed by atoms with van der Waals surface area (Å²) in [6.07, 6.45) is 0.918. The number of carbonyl (C=O) groups is 1. The van der Waals surface area contributed by atoms with Crippen molar-refractivity contribution in [2.75, 3.05) is 0 Å². The minimum Gasteiger partial charge on any atom is -0.352 e. The zero-order valence-electron chi connectivity index (χ0n) is 14.4. The van der Waals surface area contributed by atoms with Gasteiger partial charge in [-0.1, -0.05) is 48.9 Å². The minimum absolute atomic E-state index is 0.0147. The number of hydrogen-bond donors (Lipinski definition) is 1. The van der Waals surface area contributed by atoms with Gasteiger partial charge in [-0.05, 0) is 32.4 Å². The number of hydrogen-bond acceptors (Lipinski definition) is 2. The number of amides is 1. The molecular weight excluding hydrogens is 298 g/mol. The molecule has 0 aliphatic heterocycles. The monoisotopic (exact) mass is 321 g/mol. The minimum atomic E-state index is 0.0147. The molecule has 0 fully saturated rings. The van der Waals surface area contributed by atoms with Crippen molar-refractivity contribution < 1.29 is 4.79 Å². The number of aromatic nitrogens is 2.